The molecule has 0 aliphatic heterocycles. The van der Waals surface area contributed by atoms with E-state index in [-0.39, 0.29) is 5.92 Å². The van der Waals surface area contributed by atoms with Gasteiger partial charge in [-0.2, -0.15) is 0 Å². The van der Waals surface area contributed by atoms with Crippen LogP contribution in [0.15, 0.2) is 43.0 Å². The van der Waals surface area contributed by atoms with Crippen LogP contribution in [0.3, 0.4) is 0 Å². The molecule has 0 unspecified atom stereocenters. The van der Waals surface area contributed by atoms with E-state index in [9.17, 15) is 5.11 Å². The van der Waals surface area contributed by atoms with Gasteiger partial charge in [0, 0.05) is 0 Å². The predicted octanol–water partition coefficient (Wildman–Crippen LogP) is 3.74. The molecule has 0 amide bonds. The van der Waals surface area contributed by atoms with Gasteiger partial charge in [0.1, 0.15) is 0 Å². The van der Waals surface area contributed by atoms with Gasteiger partial charge >= 0.3 is 129 Å². The Kier molecular flexibility index (Phi) is 8.40. The molecule has 104 valence electrons. The van der Waals surface area contributed by atoms with Crippen LogP contribution in [0.2, 0.25) is 0 Å². The Morgan fingerprint density at radius 2 is 2.11 bits per heavy atom. The Morgan fingerprint density at radius 3 is 2.68 bits per heavy atom. The van der Waals surface area contributed by atoms with Crippen LogP contribution in [0.1, 0.15) is 37.9 Å². The van der Waals surface area contributed by atoms with E-state index in [1.807, 2.05) is 48.2 Å². The Labute approximate surface area is 128 Å². The van der Waals surface area contributed by atoms with Crippen molar-refractivity contribution in [3.05, 3.63) is 48.6 Å². The molecule has 1 N–H and O–H groups in total. The van der Waals surface area contributed by atoms with E-state index in [0.29, 0.717) is 0 Å². The minimum atomic E-state index is -0.468. The van der Waals surface area contributed by atoms with Crippen LogP contribution in [0.5, 0.6) is 0 Å². The second-order valence-electron chi connectivity index (χ2n) is 4.51. The first kappa shape index (κ1) is 16.7. The zero-order valence-corrected chi connectivity index (χ0v) is 13.9. The quantitative estimate of drug-likeness (QED) is 0.419. The number of rotatable bonds is 9. The number of benzene rings is 1. The SMILES string of the molecule is C=CC[C@H](C(=[Se])SCCCC)[C@H](O)c1ccccc1. The first-order valence-corrected chi connectivity index (χ1v) is 8.55. The van der Waals surface area contributed by atoms with Gasteiger partial charge in [0.25, 0.3) is 0 Å². The average molecular weight is 341 g/mol. The van der Waals surface area contributed by atoms with Gasteiger partial charge in [-0.15, -0.1) is 0 Å². The normalized spacial score (nSPS) is 13.8. The molecule has 2 atom stereocenters. The average Bonchev–Trinajstić information content (AvgIpc) is 2.45. The Balaban J connectivity index is 2.70. The second-order valence-corrected chi connectivity index (χ2v) is 7.15. The van der Waals surface area contributed by atoms with Gasteiger partial charge in [-0.25, -0.2) is 0 Å². The molecule has 0 fully saturated rings. The van der Waals surface area contributed by atoms with Gasteiger partial charge in [-0.05, 0) is 0 Å². The van der Waals surface area contributed by atoms with Gasteiger partial charge in [-0.3, -0.25) is 0 Å². The molecule has 1 nitrogen and oxygen atoms in total. The van der Waals surface area contributed by atoms with Crippen LogP contribution in [0.25, 0.3) is 0 Å². The van der Waals surface area contributed by atoms with Gasteiger partial charge in [-0.1, -0.05) is 0 Å². The van der Waals surface area contributed by atoms with Crippen molar-refractivity contribution in [3.63, 3.8) is 0 Å². The van der Waals surface area contributed by atoms with E-state index in [1.54, 1.807) is 0 Å². The molecule has 0 heterocycles. The summed E-state index contributed by atoms with van der Waals surface area (Å²) in [7, 11) is 0. The third-order valence-corrected chi connectivity index (χ3v) is 5.44. The number of allylic oxidation sites excluding steroid dienone is 1. The molecule has 1 aromatic rings. The standard InChI is InChI=1S/C16H22OSSe/c1-3-5-12-18-16(19)14(9-4-2)15(17)13-10-7-6-8-11-13/h4,6-8,10-11,14-15,17H,2-3,5,9,12H2,1H3/t14-,15+/m0/s1. The van der Waals surface area contributed by atoms with E-state index in [4.69, 9.17) is 0 Å². The number of hydrogen-bond donors (Lipinski definition) is 1. The summed E-state index contributed by atoms with van der Waals surface area (Å²) in [4.78, 5) is 0. The molecular formula is C16H22OSSe. The third kappa shape index (κ3) is 5.66. The maximum absolute atomic E-state index is 10.5. The summed E-state index contributed by atoms with van der Waals surface area (Å²) in [6.45, 7) is 6.00. The van der Waals surface area contributed by atoms with Crippen LogP contribution in [0.4, 0.5) is 0 Å². The molecule has 0 radical (unpaired) electrons. The third-order valence-electron chi connectivity index (χ3n) is 2.99. The molecule has 1 rings (SSSR count). The Hall–Kier alpha value is -0.341. The molecule has 0 spiro atoms. The van der Waals surface area contributed by atoms with Gasteiger partial charge < -0.3 is 0 Å². The van der Waals surface area contributed by atoms with Crippen LogP contribution < -0.4 is 0 Å². The molecule has 19 heavy (non-hydrogen) atoms. The molecule has 0 aliphatic carbocycles. The number of aliphatic hydroxyl groups excluding tert-OH is 1. The van der Waals surface area contributed by atoms with Crippen LogP contribution in [0, 0.1) is 5.92 Å². The monoisotopic (exact) mass is 342 g/mol. The summed E-state index contributed by atoms with van der Waals surface area (Å²) >= 11 is 4.97. The van der Waals surface area contributed by atoms with Crippen molar-refractivity contribution in [1.29, 1.82) is 0 Å². The number of unbranched alkanes of at least 4 members (excludes halogenated alkanes) is 1. The fraction of sp³-hybridized carbons (Fsp3) is 0.438. The van der Waals surface area contributed by atoms with Crippen molar-refractivity contribution in [2.45, 2.75) is 32.3 Å². The molecule has 0 saturated heterocycles. The van der Waals surface area contributed by atoms with Crippen molar-refractivity contribution < 1.29 is 5.11 Å². The first-order valence-electron chi connectivity index (χ1n) is 6.71. The van der Waals surface area contributed by atoms with Gasteiger partial charge in [0.05, 0.1) is 0 Å². The second kappa shape index (κ2) is 9.55. The molecule has 0 saturated carbocycles. The van der Waals surface area contributed by atoms with E-state index < -0.39 is 6.10 Å². The summed E-state index contributed by atoms with van der Waals surface area (Å²) in [5.74, 6) is 1.20. The van der Waals surface area contributed by atoms with E-state index >= 15 is 0 Å². The maximum atomic E-state index is 10.5. The molecule has 0 aliphatic rings. The van der Waals surface area contributed by atoms with Crippen LogP contribution >= 0.6 is 11.8 Å². The Bertz CT molecular complexity index is 391. The zero-order chi connectivity index (χ0) is 14.1. The first-order chi connectivity index (χ1) is 9.20. The topological polar surface area (TPSA) is 20.2 Å². The summed E-state index contributed by atoms with van der Waals surface area (Å²) in [6, 6.07) is 9.85. The minimum absolute atomic E-state index is 0.0988. The fourth-order valence-corrected chi connectivity index (χ4v) is 3.91. The van der Waals surface area contributed by atoms with Crippen molar-refractivity contribution in [3.8, 4) is 0 Å². The van der Waals surface area contributed by atoms with E-state index in [1.165, 1.54) is 16.6 Å². The summed E-state index contributed by atoms with van der Waals surface area (Å²) < 4.78 is 1.18. The molecular weight excluding hydrogens is 319 g/mol. The van der Waals surface area contributed by atoms with Crippen LogP contribution in [-0.2, 0) is 0 Å². The van der Waals surface area contributed by atoms with E-state index in [0.717, 1.165) is 17.7 Å². The van der Waals surface area contributed by atoms with Crippen molar-refractivity contribution in [1.82, 2.24) is 0 Å². The number of hydrogen-bond acceptors (Lipinski definition) is 2. The van der Waals surface area contributed by atoms with Gasteiger partial charge in [0.15, 0.2) is 0 Å². The van der Waals surface area contributed by atoms with Crippen LogP contribution in [-0.4, -0.2) is 30.2 Å². The summed E-state index contributed by atoms with van der Waals surface area (Å²) in [6.07, 6.45) is 4.61. The van der Waals surface area contributed by atoms with Crippen molar-refractivity contribution in [2.75, 3.05) is 5.75 Å². The summed E-state index contributed by atoms with van der Waals surface area (Å²) in [5, 5.41) is 10.5. The fourth-order valence-electron chi connectivity index (χ4n) is 1.84. The molecule has 1 aromatic carbocycles. The molecule has 0 bridgehead atoms. The molecule has 3 heteroatoms. The van der Waals surface area contributed by atoms with Gasteiger partial charge in [0.2, 0.25) is 0 Å². The number of aliphatic hydroxyl groups is 1. The zero-order valence-electron chi connectivity index (χ0n) is 11.4. The summed E-state index contributed by atoms with van der Waals surface area (Å²) in [5.41, 5.74) is 0.971. The van der Waals surface area contributed by atoms with Crippen molar-refractivity contribution >= 4 is 31.1 Å². The molecule has 0 aromatic heterocycles. The Morgan fingerprint density at radius 1 is 1.42 bits per heavy atom. The predicted molar refractivity (Wildman–Crippen MR) is 87.8 cm³/mol. The number of thioether (sulfide) groups is 1. The van der Waals surface area contributed by atoms with E-state index in [2.05, 4.69) is 29.1 Å². The van der Waals surface area contributed by atoms with Crippen molar-refractivity contribution in [2.24, 2.45) is 5.92 Å².